The third kappa shape index (κ3) is 2.96. The van der Waals surface area contributed by atoms with Crippen molar-refractivity contribution in [1.82, 2.24) is 0 Å². The summed E-state index contributed by atoms with van der Waals surface area (Å²) in [4.78, 5) is 20.8. The molecule has 0 aliphatic carbocycles. The number of carboxylic acids is 1. The van der Waals surface area contributed by atoms with Gasteiger partial charge in [0.25, 0.3) is 6.21 Å². The Morgan fingerprint density at radius 3 is 2.33 bits per heavy atom. The smallest absolute Gasteiger partial charge is 0.426 e. The Bertz CT molecular complexity index is 265. The SMILES string of the molecule is CC=C(C)C(=O)[N+]([O-])=CC(=O)O. The Kier molecular flexibility index (Phi) is 3.69. The molecule has 0 saturated carbocycles. The second kappa shape index (κ2) is 4.27. The standard InChI is InChI=1S/C7H9NO4/c1-3-5(2)7(11)8(12)4-6(9)10/h3-4H,1-2H3,(H,9,10). The molecule has 0 saturated heterocycles. The van der Waals surface area contributed by atoms with Crippen LogP contribution in [0.5, 0.6) is 0 Å². The molecule has 0 heterocycles. The topological polar surface area (TPSA) is 80.4 Å². The van der Waals surface area contributed by atoms with Crippen LogP contribution in [0, 0.1) is 5.21 Å². The third-order valence-electron chi connectivity index (χ3n) is 1.20. The van der Waals surface area contributed by atoms with Crippen molar-refractivity contribution in [1.29, 1.82) is 0 Å². The monoisotopic (exact) mass is 171 g/mol. The van der Waals surface area contributed by atoms with E-state index in [1.165, 1.54) is 13.0 Å². The first-order valence-electron chi connectivity index (χ1n) is 3.20. The van der Waals surface area contributed by atoms with Crippen molar-refractivity contribution in [3.8, 4) is 0 Å². The Hall–Kier alpha value is -1.65. The molecule has 0 unspecified atom stereocenters. The van der Waals surface area contributed by atoms with Gasteiger partial charge in [-0.15, -0.1) is 4.74 Å². The maximum atomic E-state index is 10.9. The highest BCUT2D eigenvalue weighted by molar-refractivity contribution is 6.21. The van der Waals surface area contributed by atoms with Crippen LogP contribution in [0.15, 0.2) is 11.6 Å². The van der Waals surface area contributed by atoms with E-state index in [4.69, 9.17) is 5.11 Å². The van der Waals surface area contributed by atoms with E-state index < -0.39 is 11.9 Å². The number of allylic oxidation sites excluding steroid dienone is 1. The van der Waals surface area contributed by atoms with E-state index in [9.17, 15) is 14.8 Å². The summed E-state index contributed by atoms with van der Waals surface area (Å²) in [7, 11) is 0. The Morgan fingerprint density at radius 1 is 1.50 bits per heavy atom. The average molecular weight is 171 g/mol. The summed E-state index contributed by atoms with van der Waals surface area (Å²) in [5.74, 6) is -2.30. The second-order valence-corrected chi connectivity index (χ2v) is 2.07. The second-order valence-electron chi connectivity index (χ2n) is 2.07. The van der Waals surface area contributed by atoms with Gasteiger partial charge >= 0.3 is 11.9 Å². The van der Waals surface area contributed by atoms with Crippen molar-refractivity contribution in [3.05, 3.63) is 16.9 Å². The first-order valence-corrected chi connectivity index (χ1v) is 3.20. The van der Waals surface area contributed by atoms with Crippen molar-refractivity contribution in [2.24, 2.45) is 0 Å². The normalized spacial score (nSPS) is 12.8. The molecule has 0 bridgehead atoms. The fourth-order valence-electron chi connectivity index (χ4n) is 0.456. The highest BCUT2D eigenvalue weighted by atomic mass is 16.5. The molecule has 12 heavy (non-hydrogen) atoms. The summed E-state index contributed by atoms with van der Waals surface area (Å²) in [5, 5.41) is 18.8. The summed E-state index contributed by atoms with van der Waals surface area (Å²) in [6.07, 6.45) is 1.71. The van der Waals surface area contributed by atoms with E-state index >= 15 is 0 Å². The van der Waals surface area contributed by atoms with E-state index in [1.54, 1.807) is 6.92 Å². The van der Waals surface area contributed by atoms with Crippen LogP contribution in [0.1, 0.15) is 13.8 Å². The molecule has 0 aromatic heterocycles. The number of hydroxylamine groups is 1. The van der Waals surface area contributed by atoms with Crippen LogP contribution < -0.4 is 0 Å². The molecular weight excluding hydrogens is 162 g/mol. The van der Waals surface area contributed by atoms with E-state index in [1.807, 2.05) is 0 Å². The first-order chi connectivity index (χ1) is 5.49. The van der Waals surface area contributed by atoms with Gasteiger partial charge in [-0.2, -0.15) is 0 Å². The summed E-state index contributed by atoms with van der Waals surface area (Å²) in [5.41, 5.74) is 0.211. The number of carboxylic acid groups (broad SMARTS) is 1. The van der Waals surface area contributed by atoms with Crippen LogP contribution in [-0.2, 0) is 9.59 Å². The van der Waals surface area contributed by atoms with Gasteiger partial charge in [0.15, 0.2) is 0 Å². The predicted molar refractivity (Wildman–Crippen MR) is 41.8 cm³/mol. The lowest BCUT2D eigenvalue weighted by atomic mass is 10.3. The highest BCUT2D eigenvalue weighted by Gasteiger charge is 2.13. The maximum Gasteiger partial charge on any atom is 0.426 e. The number of amides is 1. The summed E-state index contributed by atoms with van der Waals surface area (Å²) < 4.78 is -0.211. The van der Waals surface area contributed by atoms with Gasteiger partial charge in [-0.1, -0.05) is 6.08 Å². The van der Waals surface area contributed by atoms with Gasteiger partial charge in [0.2, 0.25) is 0 Å². The van der Waals surface area contributed by atoms with Crippen LogP contribution in [0.3, 0.4) is 0 Å². The van der Waals surface area contributed by atoms with E-state index in [-0.39, 0.29) is 16.5 Å². The molecule has 0 spiro atoms. The fourth-order valence-corrected chi connectivity index (χ4v) is 0.456. The molecule has 0 atom stereocenters. The summed E-state index contributed by atoms with van der Waals surface area (Å²) in [6.45, 7) is 3.02. The third-order valence-corrected chi connectivity index (χ3v) is 1.20. The quantitative estimate of drug-likeness (QED) is 0.211. The molecule has 1 amide bonds. The summed E-state index contributed by atoms with van der Waals surface area (Å²) >= 11 is 0. The minimum absolute atomic E-state index is 0.211. The minimum Gasteiger partial charge on any atom is -0.616 e. The maximum absolute atomic E-state index is 10.9. The van der Waals surface area contributed by atoms with E-state index in [0.717, 1.165) is 0 Å². The molecule has 0 aromatic carbocycles. The Balaban J connectivity index is 4.62. The zero-order chi connectivity index (χ0) is 9.72. The van der Waals surface area contributed by atoms with Crippen molar-refractivity contribution < 1.29 is 19.4 Å². The molecule has 5 heteroatoms. The van der Waals surface area contributed by atoms with Crippen molar-refractivity contribution in [3.63, 3.8) is 0 Å². The van der Waals surface area contributed by atoms with Crippen molar-refractivity contribution >= 4 is 18.1 Å². The lowest BCUT2D eigenvalue weighted by Gasteiger charge is -1.98. The van der Waals surface area contributed by atoms with Crippen LogP contribution in [-0.4, -0.2) is 27.9 Å². The summed E-state index contributed by atoms with van der Waals surface area (Å²) in [6, 6.07) is 0. The Labute approximate surface area is 69.2 Å². The molecule has 1 N–H and O–H groups in total. The molecule has 0 aliphatic rings. The lowest BCUT2D eigenvalue weighted by molar-refractivity contribution is -0.372. The fraction of sp³-hybridized carbons (Fsp3) is 0.286. The van der Waals surface area contributed by atoms with Gasteiger partial charge in [0, 0.05) is 0 Å². The average Bonchev–Trinajstić information content (AvgIpc) is 2.00. The highest BCUT2D eigenvalue weighted by Crippen LogP contribution is 1.93. The minimum atomic E-state index is -1.44. The predicted octanol–water partition coefficient (Wildman–Crippen LogP) is 0.145. The van der Waals surface area contributed by atoms with Gasteiger partial charge in [0.1, 0.15) is 0 Å². The molecule has 0 rings (SSSR count). The lowest BCUT2D eigenvalue weighted by Crippen LogP contribution is -2.20. The van der Waals surface area contributed by atoms with E-state index in [2.05, 4.69) is 0 Å². The molecule has 0 fully saturated rings. The number of nitrogens with zero attached hydrogens (tertiary/aromatic N) is 1. The molecule has 0 radical (unpaired) electrons. The number of rotatable bonds is 2. The number of carbonyl (C=O) groups excluding carboxylic acids is 1. The van der Waals surface area contributed by atoms with Crippen LogP contribution in [0.2, 0.25) is 0 Å². The van der Waals surface area contributed by atoms with Crippen molar-refractivity contribution in [2.75, 3.05) is 0 Å². The Morgan fingerprint density at radius 2 is 2.00 bits per heavy atom. The molecule has 5 nitrogen and oxygen atoms in total. The van der Waals surface area contributed by atoms with E-state index in [0.29, 0.717) is 0 Å². The molecule has 66 valence electrons. The van der Waals surface area contributed by atoms with Gasteiger partial charge < -0.3 is 10.3 Å². The largest absolute Gasteiger partial charge is 0.616 e. The van der Waals surface area contributed by atoms with Crippen molar-refractivity contribution in [2.45, 2.75) is 13.8 Å². The van der Waals surface area contributed by atoms with Gasteiger partial charge in [0.05, 0.1) is 5.57 Å². The number of carbonyl (C=O) groups is 2. The molecule has 0 aromatic rings. The van der Waals surface area contributed by atoms with Gasteiger partial charge in [-0.25, -0.2) is 9.59 Å². The van der Waals surface area contributed by atoms with Crippen LogP contribution >= 0.6 is 0 Å². The zero-order valence-corrected chi connectivity index (χ0v) is 6.77. The number of aliphatic carboxylic acids is 1. The zero-order valence-electron chi connectivity index (χ0n) is 6.77. The van der Waals surface area contributed by atoms with Gasteiger partial charge in [-0.3, -0.25) is 0 Å². The molecule has 0 aliphatic heterocycles. The number of hydrogen-bond donors (Lipinski definition) is 1. The first kappa shape index (κ1) is 10.3. The van der Waals surface area contributed by atoms with Gasteiger partial charge in [-0.05, 0) is 13.8 Å². The van der Waals surface area contributed by atoms with Crippen LogP contribution in [0.25, 0.3) is 0 Å². The van der Waals surface area contributed by atoms with Crippen LogP contribution in [0.4, 0.5) is 0 Å². The molecular formula is C7H9NO4. The number of hydrogen-bond acceptors (Lipinski definition) is 3.